The number of amides is 8. The Balaban J connectivity index is 3.20. The number of nitrogens with two attached hydrogens (primary N) is 3. The lowest BCUT2D eigenvalue weighted by Gasteiger charge is -2.28. The first-order valence-corrected chi connectivity index (χ1v) is 16.5. The van der Waals surface area contributed by atoms with Crippen LogP contribution in [0.25, 0.3) is 0 Å². The lowest BCUT2D eigenvalue weighted by molar-refractivity contribution is -0.142. The molecule has 0 radical (unpaired) electrons. The molecule has 0 aromatic carbocycles. The van der Waals surface area contributed by atoms with Gasteiger partial charge in [0.25, 0.3) is 0 Å². The van der Waals surface area contributed by atoms with Crippen molar-refractivity contribution in [1.82, 2.24) is 41.9 Å². The highest BCUT2D eigenvalue weighted by atomic mass is 16.4. The molecule has 0 saturated carbocycles. The Morgan fingerprint density at radius 3 is 1.67 bits per heavy atom. The number of aromatic amines is 1. The van der Waals surface area contributed by atoms with Crippen molar-refractivity contribution in [3.05, 3.63) is 18.2 Å². The third-order valence-electron chi connectivity index (χ3n) is 7.67. The van der Waals surface area contributed by atoms with Gasteiger partial charge in [-0.1, -0.05) is 0 Å². The number of aliphatic carboxylic acids is 1. The number of imidazole rings is 1. The second kappa shape index (κ2) is 22.4. The molecule has 1 heterocycles. The molecule has 24 nitrogen and oxygen atoms in total. The van der Waals surface area contributed by atoms with Crippen molar-refractivity contribution in [2.45, 2.75) is 107 Å². The second-order valence-electron chi connectivity index (χ2n) is 12.3. The van der Waals surface area contributed by atoms with E-state index in [2.05, 4.69) is 41.9 Å². The molecule has 0 fully saturated rings. The summed E-state index contributed by atoms with van der Waals surface area (Å²) in [7, 11) is 0. The number of hydrogen-bond acceptors (Lipinski definition) is 14. The molecule has 1 aromatic heterocycles. The molecule has 8 amide bonds. The molecule has 0 bridgehead atoms. The Morgan fingerprint density at radius 2 is 1.19 bits per heavy atom. The van der Waals surface area contributed by atoms with E-state index in [0.29, 0.717) is 5.69 Å². The molecule has 1 rings (SSSR count). The van der Waals surface area contributed by atoms with E-state index < -0.39 is 127 Å². The lowest BCUT2D eigenvalue weighted by Crippen LogP contribution is -2.62. The van der Waals surface area contributed by atoms with E-state index in [1.165, 1.54) is 26.4 Å². The number of nitrogens with one attached hydrogen (secondary N) is 7. The highest BCUT2D eigenvalue weighted by Gasteiger charge is 2.35. The maximum atomic E-state index is 13.5. The Labute approximate surface area is 308 Å². The van der Waals surface area contributed by atoms with Gasteiger partial charge in [-0.15, -0.1) is 0 Å². The second-order valence-corrected chi connectivity index (χ2v) is 12.3. The van der Waals surface area contributed by atoms with Crippen molar-refractivity contribution in [3.8, 4) is 0 Å². The van der Waals surface area contributed by atoms with Crippen molar-refractivity contribution in [2.24, 2.45) is 17.2 Å². The molecule has 302 valence electrons. The molecule has 24 heteroatoms. The molecular weight excluding hydrogens is 722 g/mol. The fraction of sp³-hybridized carbons (Fsp3) is 0.600. The van der Waals surface area contributed by atoms with Gasteiger partial charge in [-0.2, -0.15) is 0 Å². The molecule has 0 aliphatic carbocycles. The number of rotatable bonds is 24. The van der Waals surface area contributed by atoms with Crippen LogP contribution in [0.1, 0.15) is 52.1 Å². The quantitative estimate of drug-likeness (QED) is 0.0464. The van der Waals surface area contributed by atoms with Gasteiger partial charge in [0, 0.05) is 31.2 Å². The van der Waals surface area contributed by atoms with Crippen molar-refractivity contribution in [1.29, 1.82) is 0 Å². The summed E-state index contributed by atoms with van der Waals surface area (Å²) in [5, 5.41) is 52.5. The summed E-state index contributed by atoms with van der Waals surface area (Å²) in [6.07, 6.45) is -2.34. The molecule has 0 unspecified atom stereocenters. The predicted molar refractivity (Wildman–Crippen MR) is 182 cm³/mol. The van der Waals surface area contributed by atoms with Crippen LogP contribution < -0.4 is 49.1 Å². The molecule has 54 heavy (non-hydrogen) atoms. The number of H-pyrrole nitrogens is 1. The predicted octanol–water partition coefficient (Wildman–Crippen LogP) is -7.42. The fourth-order valence-corrected chi connectivity index (χ4v) is 4.48. The monoisotopic (exact) mass is 771 g/mol. The largest absolute Gasteiger partial charge is 0.480 e. The molecule has 9 atom stereocenters. The summed E-state index contributed by atoms with van der Waals surface area (Å²) in [4.78, 5) is 119. The van der Waals surface area contributed by atoms with Crippen LogP contribution in [0, 0.1) is 0 Å². The van der Waals surface area contributed by atoms with Crippen LogP contribution in [0.2, 0.25) is 0 Å². The Bertz CT molecular complexity index is 1490. The number of carbonyl (C=O) groups excluding carboxylic acids is 8. The average molecular weight is 772 g/mol. The normalized spacial score (nSPS) is 16.0. The summed E-state index contributed by atoms with van der Waals surface area (Å²) < 4.78 is 0. The summed E-state index contributed by atoms with van der Waals surface area (Å²) in [6.45, 7) is 2.53. The molecule has 1 aromatic rings. The van der Waals surface area contributed by atoms with Crippen molar-refractivity contribution < 1.29 is 63.6 Å². The Morgan fingerprint density at radius 1 is 0.685 bits per heavy atom. The highest BCUT2D eigenvalue weighted by molar-refractivity contribution is 5.97. The number of carbonyl (C=O) groups is 9. The van der Waals surface area contributed by atoms with Crippen LogP contribution in [0.4, 0.5) is 0 Å². The molecule has 0 aliphatic rings. The van der Waals surface area contributed by atoms with Gasteiger partial charge < -0.3 is 74.5 Å². The SMILES string of the molecule is C[C@H](NC(=O)[C@@H](N)[C@@H](C)O)C(=O)N[C@@H](CO)C(=O)N[C@H](C(=O)N[C@@H](CCC(N)=O)C(=O)N[C@@H](Cc1cnc[nH]1)C(=O)N[C@@H](CCC(N)=O)C(=O)O)[C@@H](C)O. The average Bonchev–Trinajstić information content (AvgIpc) is 3.61. The number of hydrogen-bond donors (Lipinski definition) is 14. The van der Waals surface area contributed by atoms with E-state index in [0.717, 1.165) is 6.92 Å². The van der Waals surface area contributed by atoms with Gasteiger partial charge in [0.2, 0.25) is 47.3 Å². The summed E-state index contributed by atoms with van der Waals surface area (Å²) in [5.41, 5.74) is 16.2. The minimum atomic E-state index is -1.85. The minimum Gasteiger partial charge on any atom is -0.480 e. The molecular formula is C30H49N11O13. The summed E-state index contributed by atoms with van der Waals surface area (Å²) in [6, 6.07) is -11.0. The van der Waals surface area contributed by atoms with Gasteiger partial charge >= 0.3 is 5.97 Å². The van der Waals surface area contributed by atoms with Gasteiger partial charge in [0.1, 0.15) is 42.3 Å². The van der Waals surface area contributed by atoms with Gasteiger partial charge in [-0.05, 0) is 33.6 Å². The van der Waals surface area contributed by atoms with Crippen LogP contribution in [-0.2, 0) is 49.6 Å². The van der Waals surface area contributed by atoms with E-state index in [9.17, 15) is 63.6 Å². The highest BCUT2D eigenvalue weighted by Crippen LogP contribution is 2.07. The minimum absolute atomic E-state index is 0.285. The number of carboxylic acids is 1. The van der Waals surface area contributed by atoms with E-state index in [4.69, 9.17) is 17.2 Å². The van der Waals surface area contributed by atoms with Crippen molar-refractivity contribution >= 4 is 53.2 Å². The van der Waals surface area contributed by atoms with Gasteiger partial charge in [-0.3, -0.25) is 38.4 Å². The Hall–Kier alpha value is -5.72. The maximum Gasteiger partial charge on any atom is 0.326 e. The summed E-state index contributed by atoms with van der Waals surface area (Å²) >= 11 is 0. The third kappa shape index (κ3) is 15.9. The van der Waals surface area contributed by atoms with Crippen LogP contribution in [0.3, 0.4) is 0 Å². The summed E-state index contributed by atoms with van der Waals surface area (Å²) in [5.74, 6) is -9.61. The zero-order valence-electron chi connectivity index (χ0n) is 29.7. The van der Waals surface area contributed by atoms with Crippen LogP contribution in [0.15, 0.2) is 12.5 Å². The van der Waals surface area contributed by atoms with Crippen LogP contribution in [0.5, 0.6) is 0 Å². The number of aromatic nitrogens is 2. The number of aliphatic hydroxyl groups excluding tert-OH is 3. The molecule has 0 saturated heterocycles. The van der Waals surface area contributed by atoms with Gasteiger partial charge in [-0.25, -0.2) is 9.78 Å². The van der Waals surface area contributed by atoms with Crippen LogP contribution >= 0.6 is 0 Å². The zero-order valence-corrected chi connectivity index (χ0v) is 29.7. The number of nitrogens with zero attached hydrogens (tertiary/aromatic N) is 1. The molecule has 0 spiro atoms. The van der Waals surface area contributed by atoms with E-state index in [1.54, 1.807) is 0 Å². The van der Waals surface area contributed by atoms with E-state index >= 15 is 0 Å². The van der Waals surface area contributed by atoms with Gasteiger partial charge in [0.05, 0.1) is 25.1 Å². The number of carboxylic acid groups (broad SMARTS) is 1. The van der Waals surface area contributed by atoms with Crippen LogP contribution in [-0.4, -0.2) is 145 Å². The fourth-order valence-electron chi connectivity index (χ4n) is 4.48. The van der Waals surface area contributed by atoms with E-state index in [1.807, 2.05) is 0 Å². The number of primary amides is 2. The topological polar surface area (TPSA) is 413 Å². The first-order chi connectivity index (χ1) is 25.2. The standard InChI is InChI=1S/C30H49N11O13/c1-12(36-28(51)22(33)13(2)43)24(47)40-19(10-42)27(50)41-23(14(3)44)29(52)37-16(4-6-20(31)45)25(48)39-18(8-15-9-34-11-35-15)26(49)38-17(30(53)54)5-7-21(32)46/h9,11-14,16-19,22-23,42-44H,4-8,10,33H2,1-3H3,(H2,31,45)(H2,32,46)(H,34,35)(H,36,51)(H,37,52)(H,38,49)(H,39,48)(H,40,47)(H,41,50)(H,53,54)/t12-,13+,14+,16-,17-,18-,19-,22-,23-/m0/s1. The smallest absolute Gasteiger partial charge is 0.326 e. The zero-order chi connectivity index (χ0) is 41.3. The molecule has 0 aliphatic heterocycles. The molecule has 17 N–H and O–H groups in total. The maximum absolute atomic E-state index is 13.5. The Kier molecular flexibility index (Phi) is 19.2. The number of aliphatic hydroxyl groups is 3. The third-order valence-corrected chi connectivity index (χ3v) is 7.67. The lowest BCUT2D eigenvalue weighted by atomic mass is 10.0. The first-order valence-electron chi connectivity index (χ1n) is 16.5. The van der Waals surface area contributed by atoms with Crippen molar-refractivity contribution in [2.75, 3.05) is 6.61 Å². The van der Waals surface area contributed by atoms with Crippen molar-refractivity contribution in [3.63, 3.8) is 0 Å². The van der Waals surface area contributed by atoms with Gasteiger partial charge in [0.15, 0.2) is 0 Å². The first kappa shape index (κ1) is 46.3. The van der Waals surface area contributed by atoms with E-state index in [-0.39, 0.29) is 19.3 Å².